The van der Waals surface area contributed by atoms with E-state index in [1.807, 2.05) is 58.9 Å². The maximum absolute atomic E-state index is 12.6. The largest absolute Gasteiger partial charge is 0.325 e. The number of nitrogens with zero attached hydrogens (tertiary/aromatic N) is 1. The van der Waals surface area contributed by atoms with Crippen molar-refractivity contribution in [2.75, 3.05) is 11.9 Å². The zero-order chi connectivity index (χ0) is 14.1. The number of benzene rings is 1. The van der Waals surface area contributed by atoms with Gasteiger partial charge in [-0.15, -0.1) is 0 Å². The lowest BCUT2D eigenvalue weighted by Crippen LogP contribution is -2.56. The van der Waals surface area contributed by atoms with Crippen molar-refractivity contribution in [1.82, 2.24) is 0 Å². The Morgan fingerprint density at radius 2 is 1.67 bits per heavy atom. The fourth-order valence-corrected chi connectivity index (χ4v) is 1.74. The van der Waals surface area contributed by atoms with Gasteiger partial charge in [0.2, 0.25) is 5.91 Å². The lowest BCUT2D eigenvalue weighted by Gasteiger charge is -2.39. The normalized spacial score (nSPS) is 12.4. The van der Waals surface area contributed by atoms with Crippen LogP contribution in [-0.2, 0) is 4.79 Å². The molecule has 3 heteroatoms. The van der Waals surface area contributed by atoms with Gasteiger partial charge in [0.15, 0.2) is 0 Å². The van der Waals surface area contributed by atoms with Crippen molar-refractivity contribution in [2.45, 2.75) is 40.2 Å². The number of nitrogens with two attached hydrogens (primary N) is 1. The van der Waals surface area contributed by atoms with Crippen LogP contribution in [0.3, 0.4) is 0 Å². The monoisotopic (exact) mass is 248 g/mol. The summed E-state index contributed by atoms with van der Waals surface area (Å²) in [7, 11) is 1.80. The van der Waals surface area contributed by atoms with Gasteiger partial charge in [-0.25, -0.2) is 0 Å². The van der Waals surface area contributed by atoms with E-state index in [2.05, 4.69) is 0 Å². The highest BCUT2D eigenvalue weighted by Crippen LogP contribution is 2.32. The number of para-hydroxylation sites is 1. The molecule has 0 aliphatic rings. The predicted octanol–water partition coefficient (Wildman–Crippen LogP) is 2.72. The predicted molar refractivity (Wildman–Crippen MR) is 76.6 cm³/mol. The second kappa shape index (κ2) is 4.73. The lowest BCUT2D eigenvalue weighted by molar-refractivity contribution is -0.129. The molecule has 0 fully saturated rings. The topological polar surface area (TPSA) is 46.3 Å². The number of anilines is 1. The first-order valence-corrected chi connectivity index (χ1v) is 6.21. The Morgan fingerprint density at radius 3 is 2.11 bits per heavy atom. The zero-order valence-corrected chi connectivity index (χ0v) is 12.2. The van der Waals surface area contributed by atoms with Gasteiger partial charge in [-0.1, -0.05) is 18.2 Å². The van der Waals surface area contributed by atoms with Crippen molar-refractivity contribution in [1.29, 1.82) is 0 Å². The number of carbonyl (C=O) groups is 1. The molecule has 100 valence electrons. The fraction of sp³-hybridized carbons (Fsp3) is 0.533. The van der Waals surface area contributed by atoms with E-state index in [0.29, 0.717) is 0 Å². The second-order valence-electron chi connectivity index (χ2n) is 6.00. The molecule has 0 aromatic heterocycles. The van der Waals surface area contributed by atoms with Crippen LogP contribution in [0, 0.1) is 12.3 Å². The van der Waals surface area contributed by atoms with Crippen molar-refractivity contribution in [2.24, 2.45) is 11.1 Å². The van der Waals surface area contributed by atoms with Crippen LogP contribution in [0.15, 0.2) is 24.3 Å². The summed E-state index contributed by atoms with van der Waals surface area (Å²) in [4.78, 5) is 14.3. The van der Waals surface area contributed by atoms with Crippen molar-refractivity contribution in [3.8, 4) is 0 Å². The molecule has 1 rings (SSSR count). The van der Waals surface area contributed by atoms with Gasteiger partial charge in [0.05, 0.1) is 5.41 Å². The van der Waals surface area contributed by atoms with Gasteiger partial charge in [-0.2, -0.15) is 0 Å². The Hall–Kier alpha value is -1.35. The first-order valence-electron chi connectivity index (χ1n) is 6.21. The third kappa shape index (κ3) is 2.56. The number of amides is 1. The first-order chi connectivity index (χ1) is 8.09. The minimum Gasteiger partial charge on any atom is -0.325 e. The molecule has 1 amide bonds. The molecule has 0 bridgehead atoms. The van der Waals surface area contributed by atoms with E-state index >= 15 is 0 Å². The maximum atomic E-state index is 12.6. The molecule has 1 aromatic rings. The van der Waals surface area contributed by atoms with Crippen LogP contribution in [0.5, 0.6) is 0 Å². The first kappa shape index (κ1) is 14.7. The van der Waals surface area contributed by atoms with E-state index in [9.17, 15) is 4.79 Å². The molecule has 0 heterocycles. The summed E-state index contributed by atoms with van der Waals surface area (Å²) < 4.78 is 0. The molecule has 0 unspecified atom stereocenters. The average molecular weight is 248 g/mol. The molecular weight excluding hydrogens is 224 g/mol. The van der Waals surface area contributed by atoms with Crippen LogP contribution in [0.1, 0.15) is 33.3 Å². The van der Waals surface area contributed by atoms with Gasteiger partial charge in [0, 0.05) is 18.3 Å². The number of hydrogen-bond donors (Lipinski definition) is 1. The van der Waals surface area contributed by atoms with Crippen molar-refractivity contribution in [3.05, 3.63) is 29.8 Å². The van der Waals surface area contributed by atoms with Gasteiger partial charge in [0.25, 0.3) is 0 Å². The highest BCUT2D eigenvalue weighted by atomic mass is 16.2. The van der Waals surface area contributed by atoms with Crippen molar-refractivity contribution < 1.29 is 4.79 Å². The molecule has 0 aliphatic carbocycles. The molecule has 2 N–H and O–H groups in total. The quantitative estimate of drug-likeness (QED) is 0.894. The van der Waals surface area contributed by atoms with Crippen molar-refractivity contribution >= 4 is 11.6 Å². The van der Waals surface area contributed by atoms with E-state index in [1.54, 1.807) is 11.9 Å². The Balaban J connectivity index is 3.10. The van der Waals surface area contributed by atoms with Crippen LogP contribution in [0.25, 0.3) is 0 Å². The molecule has 0 atom stereocenters. The van der Waals surface area contributed by atoms with Crippen molar-refractivity contribution in [3.63, 3.8) is 0 Å². The highest BCUT2D eigenvalue weighted by molar-refractivity contribution is 5.98. The Bertz CT molecular complexity index is 444. The summed E-state index contributed by atoms with van der Waals surface area (Å²) in [6.45, 7) is 9.56. The molecule has 1 aromatic carbocycles. The van der Waals surface area contributed by atoms with E-state index in [4.69, 9.17) is 5.73 Å². The summed E-state index contributed by atoms with van der Waals surface area (Å²) in [5, 5.41) is 0. The summed E-state index contributed by atoms with van der Waals surface area (Å²) in [5.41, 5.74) is 6.94. The van der Waals surface area contributed by atoms with E-state index in [0.717, 1.165) is 11.3 Å². The van der Waals surface area contributed by atoms with Crippen LogP contribution in [0.2, 0.25) is 0 Å². The van der Waals surface area contributed by atoms with Gasteiger partial charge in [-0.3, -0.25) is 4.79 Å². The number of rotatable bonds is 3. The fourth-order valence-electron chi connectivity index (χ4n) is 1.74. The number of carbonyl (C=O) groups excluding carboxylic acids is 1. The summed E-state index contributed by atoms with van der Waals surface area (Å²) in [6, 6.07) is 7.86. The van der Waals surface area contributed by atoms with E-state index < -0.39 is 11.0 Å². The second-order valence-corrected chi connectivity index (χ2v) is 6.00. The Labute approximate surface area is 110 Å². The highest BCUT2D eigenvalue weighted by Gasteiger charge is 2.42. The van der Waals surface area contributed by atoms with Gasteiger partial charge in [0.1, 0.15) is 0 Å². The van der Waals surface area contributed by atoms with E-state index in [1.165, 1.54) is 0 Å². The van der Waals surface area contributed by atoms with E-state index in [-0.39, 0.29) is 5.91 Å². The molecular formula is C15H24N2O. The molecule has 0 radical (unpaired) electrons. The molecule has 0 saturated heterocycles. The van der Waals surface area contributed by atoms with Crippen LogP contribution in [-0.4, -0.2) is 18.5 Å². The lowest BCUT2D eigenvalue weighted by atomic mass is 9.74. The Kier molecular flexibility index (Phi) is 3.86. The Morgan fingerprint density at radius 1 is 1.17 bits per heavy atom. The summed E-state index contributed by atoms with van der Waals surface area (Å²) >= 11 is 0. The van der Waals surface area contributed by atoms with Gasteiger partial charge in [-0.05, 0) is 46.2 Å². The standard InChI is InChI=1S/C15H24N2O/c1-11-9-7-8-10-12(11)17(6)13(18)14(2,3)15(4,5)16/h7-10H,16H2,1-6H3. The van der Waals surface area contributed by atoms with Crippen LogP contribution in [0.4, 0.5) is 5.69 Å². The van der Waals surface area contributed by atoms with Gasteiger partial charge < -0.3 is 10.6 Å². The molecule has 0 aliphatic heterocycles. The minimum atomic E-state index is -0.621. The van der Waals surface area contributed by atoms with Crippen LogP contribution >= 0.6 is 0 Å². The summed E-state index contributed by atoms with van der Waals surface area (Å²) in [5.74, 6) is 0.0318. The summed E-state index contributed by atoms with van der Waals surface area (Å²) in [6.07, 6.45) is 0. The third-order valence-corrected chi connectivity index (χ3v) is 3.93. The minimum absolute atomic E-state index is 0.0318. The van der Waals surface area contributed by atoms with Crippen LogP contribution < -0.4 is 10.6 Å². The van der Waals surface area contributed by atoms with Gasteiger partial charge >= 0.3 is 0 Å². The number of hydrogen-bond acceptors (Lipinski definition) is 2. The third-order valence-electron chi connectivity index (χ3n) is 3.93. The molecule has 18 heavy (non-hydrogen) atoms. The smallest absolute Gasteiger partial charge is 0.234 e. The number of aryl methyl sites for hydroxylation is 1. The molecule has 0 spiro atoms. The molecule has 3 nitrogen and oxygen atoms in total. The SMILES string of the molecule is Cc1ccccc1N(C)C(=O)C(C)(C)C(C)(C)N. The zero-order valence-electron chi connectivity index (χ0n) is 12.2. The average Bonchev–Trinajstić information content (AvgIpc) is 2.26. The molecule has 0 saturated carbocycles. The maximum Gasteiger partial charge on any atom is 0.234 e.